The molecule has 2 aromatic heterocycles. The second kappa shape index (κ2) is 4.79. The van der Waals surface area contributed by atoms with Gasteiger partial charge in [0.05, 0.1) is 28.1 Å². The summed E-state index contributed by atoms with van der Waals surface area (Å²) in [6, 6.07) is 9.42. The van der Waals surface area contributed by atoms with Crippen LogP contribution in [-0.4, -0.2) is 9.55 Å². The molecule has 0 aliphatic rings. The Morgan fingerprint density at radius 2 is 2.16 bits per heavy atom. The Hall–Kier alpha value is -1.65. The van der Waals surface area contributed by atoms with Gasteiger partial charge in [-0.15, -0.1) is 11.3 Å². The fraction of sp³-hybridized carbons (Fsp3) is 0.143. The van der Waals surface area contributed by atoms with Crippen molar-refractivity contribution in [1.29, 1.82) is 0 Å². The van der Waals surface area contributed by atoms with Crippen molar-refractivity contribution in [3.05, 3.63) is 61.8 Å². The number of nitrogens with zero attached hydrogens (tertiary/aromatic N) is 2. The minimum atomic E-state index is -0.0155. The fourth-order valence-corrected chi connectivity index (χ4v) is 3.14. The van der Waals surface area contributed by atoms with E-state index >= 15 is 0 Å². The molecular formula is C14H11ClN2OS. The zero-order valence-electron chi connectivity index (χ0n) is 10.3. The maximum atomic E-state index is 12.4. The third kappa shape index (κ3) is 2.29. The second-order valence-electron chi connectivity index (χ2n) is 4.35. The predicted octanol–water partition coefficient (Wildman–Crippen LogP) is 3.47. The lowest BCUT2D eigenvalue weighted by atomic mass is 10.1. The van der Waals surface area contributed by atoms with Crippen LogP contribution in [0.1, 0.15) is 10.4 Å². The van der Waals surface area contributed by atoms with Crippen molar-refractivity contribution in [3.8, 4) is 0 Å². The molecular weight excluding hydrogens is 280 g/mol. The molecule has 3 aromatic rings. The van der Waals surface area contributed by atoms with E-state index in [4.69, 9.17) is 11.6 Å². The largest absolute Gasteiger partial charge is 0.293 e. The first-order valence-corrected chi connectivity index (χ1v) is 7.03. The highest BCUT2D eigenvalue weighted by Gasteiger charge is 2.07. The fourth-order valence-electron chi connectivity index (χ4n) is 2.05. The molecule has 0 amide bonds. The molecule has 1 aromatic carbocycles. The highest BCUT2D eigenvalue weighted by atomic mass is 35.5. The molecule has 0 aliphatic carbocycles. The number of hydrogen-bond acceptors (Lipinski definition) is 3. The average molecular weight is 291 g/mol. The molecule has 0 saturated carbocycles. The van der Waals surface area contributed by atoms with Crippen molar-refractivity contribution in [2.75, 3.05) is 0 Å². The van der Waals surface area contributed by atoms with Gasteiger partial charge in [0.2, 0.25) is 0 Å². The molecule has 0 atom stereocenters. The van der Waals surface area contributed by atoms with E-state index in [1.54, 1.807) is 10.9 Å². The first-order chi connectivity index (χ1) is 9.15. The number of hydrogen-bond donors (Lipinski definition) is 0. The minimum Gasteiger partial charge on any atom is -0.293 e. The van der Waals surface area contributed by atoms with Crippen LogP contribution in [0, 0.1) is 6.92 Å². The lowest BCUT2D eigenvalue weighted by molar-refractivity contribution is 0.758. The van der Waals surface area contributed by atoms with E-state index in [2.05, 4.69) is 4.98 Å². The molecule has 0 spiro atoms. The Bertz CT molecular complexity index is 807. The number of rotatable bonds is 2. The van der Waals surface area contributed by atoms with Crippen molar-refractivity contribution in [3.63, 3.8) is 0 Å². The van der Waals surface area contributed by atoms with E-state index in [1.165, 1.54) is 11.3 Å². The molecule has 3 nitrogen and oxygen atoms in total. The van der Waals surface area contributed by atoms with Gasteiger partial charge in [-0.2, -0.15) is 0 Å². The molecule has 0 N–H and O–H groups in total. The summed E-state index contributed by atoms with van der Waals surface area (Å²) in [5, 5.41) is 0.658. The van der Waals surface area contributed by atoms with Crippen LogP contribution in [0.4, 0.5) is 0 Å². The molecule has 0 bridgehead atoms. The number of aromatic nitrogens is 2. The van der Waals surface area contributed by atoms with Crippen LogP contribution in [0.2, 0.25) is 4.34 Å². The van der Waals surface area contributed by atoms with Gasteiger partial charge in [0.15, 0.2) is 0 Å². The number of halogens is 1. The predicted molar refractivity (Wildman–Crippen MR) is 79.2 cm³/mol. The zero-order chi connectivity index (χ0) is 13.4. The molecule has 19 heavy (non-hydrogen) atoms. The standard InChI is InChI=1S/C14H11ClN2OS/c1-9-3-2-4-11-13(9)16-8-17(14(11)18)7-10-5-6-12(15)19-10/h2-6,8H,7H2,1H3. The monoisotopic (exact) mass is 290 g/mol. The van der Waals surface area contributed by atoms with Gasteiger partial charge < -0.3 is 0 Å². The van der Waals surface area contributed by atoms with E-state index < -0.39 is 0 Å². The summed E-state index contributed by atoms with van der Waals surface area (Å²) >= 11 is 7.38. The van der Waals surface area contributed by atoms with E-state index in [0.29, 0.717) is 11.9 Å². The number of aryl methyl sites for hydroxylation is 1. The molecule has 0 radical (unpaired) electrons. The summed E-state index contributed by atoms with van der Waals surface area (Å²) in [7, 11) is 0. The van der Waals surface area contributed by atoms with Gasteiger partial charge in [-0.25, -0.2) is 4.98 Å². The van der Waals surface area contributed by atoms with Gasteiger partial charge in [0.25, 0.3) is 5.56 Å². The highest BCUT2D eigenvalue weighted by molar-refractivity contribution is 7.16. The van der Waals surface area contributed by atoms with Crippen LogP contribution in [0.25, 0.3) is 10.9 Å². The van der Waals surface area contributed by atoms with Crippen LogP contribution in [0.5, 0.6) is 0 Å². The summed E-state index contributed by atoms with van der Waals surface area (Å²) < 4.78 is 2.34. The van der Waals surface area contributed by atoms with Crippen molar-refractivity contribution in [2.45, 2.75) is 13.5 Å². The van der Waals surface area contributed by atoms with E-state index in [1.807, 2.05) is 37.3 Å². The van der Waals surface area contributed by atoms with Gasteiger partial charge in [-0.05, 0) is 30.7 Å². The van der Waals surface area contributed by atoms with E-state index in [0.717, 1.165) is 20.3 Å². The first kappa shape index (κ1) is 12.4. The summed E-state index contributed by atoms with van der Waals surface area (Å²) in [4.78, 5) is 17.8. The molecule has 0 unspecified atom stereocenters. The lowest BCUT2D eigenvalue weighted by Gasteiger charge is -2.06. The molecule has 0 aliphatic heterocycles. The van der Waals surface area contributed by atoms with Crippen molar-refractivity contribution >= 4 is 33.8 Å². The third-order valence-corrected chi connectivity index (χ3v) is 4.23. The number of benzene rings is 1. The van der Waals surface area contributed by atoms with Gasteiger partial charge in [0, 0.05) is 4.88 Å². The molecule has 2 heterocycles. The Morgan fingerprint density at radius 3 is 2.89 bits per heavy atom. The molecule has 5 heteroatoms. The van der Waals surface area contributed by atoms with Gasteiger partial charge in [-0.1, -0.05) is 23.7 Å². The molecule has 0 saturated heterocycles. The van der Waals surface area contributed by atoms with Gasteiger partial charge in [-0.3, -0.25) is 9.36 Å². The molecule has 3 rings (SSSR count). The van der Waals surface area contributed by atoms with Crippen LogP contribution >= 0.6 is 22.9 Å². The van der Waals surface area contributed by atoms with Crippen LogP contribution < -0.4 is 5.56 Å². The van der Waals surface area contributed by atoms with E-state index in [9.17, 15) is 4.79 Å². The molecule has 0 fully saturated rings. The number of fused-ring (bicyclic) bond motifs is 1. The highest BCUT2D eigenvalue weighted by Crippen LogP contribution is 2.22. The maximum Gasteiger partial charge on any atom is 0.261 e. The van der Waals surface area contributed by atoms with Crippen LogP contribution in [0.15, 0.2) is 41.5 Å². The summed E-state index contributed by atoms with van der Waals surface area (Å²) in [5.41, 5.74) is 1.77. The van der Waals surface area contributed by atoms with Gasteiger partial charge >= 0.3 is 0 Å². The lowest BCUT2D eigenvalue weighted by Crippen LogP contribution is -2.20. The molecule has 96 valence electrons. The second-order valence-corrected chi connectivity index (χ2v) is 6.15. The van der Waals surface area contributed by atoms with E-state index in [-0.39, 0.29) is 5.56 Å². The zero-order valence-corrected chi connectivity index (χ0v) is 11.8. The summed E-state index contributed by atoms with van der Waals surface area (Å²) in [5.74, 6) is 0. The quantitative estimate of drug-likeness (QED) is 0.724. The topological polar surface area (TPSA) is 34.9 Å². The number of thiophene rings is 1. The Morgan fingerprint density at radius 1 is 1.32 bits per heavy atom. The van der Waals surface area contributed by atoms with Crippen molar-refractivity contribution in [1.82, 2.24) is 9.55 Å². The minimum absolute atomic E-state index is 0.0155. The Labute approximate surface area is 119 Å². The first-order valence-electron chi connectivity index (χ1n) is 5.84. The average Bonchev–Trinajstić information content (AvgIpc) is 2.79. The Kier molecular flexibility index (Phi) is 3.12. The van der Waals surface area contributed by atoms with Crippen molar-refractivity contribution in [2.24, 2.45) is 0 Å². The summed E-state index contributed by atoms with van der Waals surface area (Å²) in [6.45, 7) is 2.46. The summed E-state index contributed by atoms with van der Waals surface area (Å²) in [6.07, 6.45) is 1.60. The smallest absolute Gasteiger partial charge is 0.261 e. The number of para-hydroxylation sites is 1. The Balaban J connectivity index is 2.11. The van der Waals surface area contributed by atoms with Crippen LogP contribution in [0.3, 0.4) is 0 Å². The maximum absolute atomic E-state index is 12.4. The normalized spacial score (nSPS) is 11.1. The third-order valence-electron chi connectivity index (χ3n) is 3.01. The van der Waals surface area contributed by atoms with Crippen LogP contribution in [-0.2, 0) is 6.54 Å². The van der Waals surface area contributed by atoms with Gasteiger partial charge in [0.1, 0.15) is 0 Å². The van der Waals surface area contributed by atoms with Crippen molar-refractivity contribution < 1.29 is 0 Å². The SMILES string of the molecule is Cc1cccc2c(=O)n(Cc3ccc(Cl)s3)cnc12.